The highest BCUT2D eigenvalue weighted by Crippen LogP contribution is 2.34. The Bertz CT molecular complexity index is 583. The fraction of sp³-hybridized carbons (Fsp3) is 0.286. The summed E-state index contributed by atoms with van der Waals surface area (Å²) in [6.07, 6.45) is 0.433. The van der Waals surface area contributed by atoms with Crippen LogP contribution in [-0.2, 0) is 6.42 Å². The zero-order valence-electron chi connectivity index (χ0n) is 10.6. The average molecular weight is 302 g/mol. The van der Waals surface area contributed by atoms with Gasteiger partial charge in [0.1, 0.15) is 11.6 Å². The molecule has 2 rings (SSSR count). The van der Waals surface area contributed by atoms with Gasteiger partial charge in [-0.3, -0.25) is 0 Å². The molecule has 0 spiro atoms. The maximum atomic E-state index is 13.7. The third-order valence-electron chi connectivity index (χ3n) is 3.03. The zero-order valence-corrected chi connectivity index (χ0v) is 12.2. The van der Waals surface area contributed by atoms with E-state index < -0.39 is 11.6 Å². The number of nitrogens with one attached hydrogen (secondary N) is 1. The van der Waals surface area contributed by atoms with Crippen LogP contribution in [0.1, 0.15) is 22.0 Å². The lowest BCUT2D eigenvalue weighted by Crippen LogP contribution is -2.18. The van der Waals surface area contributed by atoms with E-state index >= 15 is 0 Å². The van der Waals surface area contributed by atoms with Gasteiger partial charge in [0.05, 0.1) is 5.02 Å². The van der Waals surface area contributed by atoms with Crippen LogP contribution in [0.15, 0.2) is 23.6 Å². The number of benzene rings is 1. The summed E-state index contributed by atoms with van der Waals surface area (Å²) in [5.41, 5.74) is 1.49. The Morgan fingerprint density at radius 1 is 1.37 bits per heavy atom. The maximum absolute atomic E-state index is 13.7. The number of rotatable bonds is 4. The van der Waals surface area contributed by atoms with Crippen LogP contribution in [0.2, 0.25) is 5.02 Å². The van der Waals surface area contributed by atoms with Gasteiger partial charge in [0.2, 0.25) is 0 Å². The molecule has 1 N–H and O–H groups in total. The molecule has 1 atom stereocenters. The topological polar surface area (TPSA) is 12.0 Å². The van der Waals surface area contributed by atoms with Gasteiger partial charge in [-0.05, 0) is 43.0 Å². The summed E-state index contributed by atoms with van der Waals surface area (Å²) in [6.45, 7) is 1.94. The van der Waals surface area contributed by atoms with E-state index in [2.05, 4.69) is 5.32 Å². The van der Waals surface area contributed by atoms with E-state index in [0.29, 0.717) is 17.0 Å². The molecule has 0 fully saturated rings. The van der Waals surface area contributed by atoms with Gasteiger partial charge in [-0.2, -0.15) is 0 Å². The van der Waals surface area contributed by atoms with Crippen LogP contribution < -0.4 is 5.32 Å². The first-order valence-electron chi connectivity index (χ1n) is 5.87. The summed E-state index contributed by atoms with van der Waals surface area (Å²) >= 11 is 7.78. The van der Waals surface area contributed by atoms with Crippen molar-refractivity contribution < 1.29 is 8.78 Å². The van der Waals surface area contributed by atoms with Crippen LogP contribution >= 0.6 is 22.9 Å². The van der Waals surface area contributed by atoms with Gasteiger partial charge in [0, 0.05) is 17.0 Å². The van der Waals surface area contributed by atoms with E-state index in [-0.39, 0.29) is 6.04 Å². The average Bonchev–Trinajstić information content (AvgIpc) is 2.70. The Labute approximate surface area is 120 Å². The largest absolute Gasteiger partial charge is 0.312 e. The predicted molar refractivity (Wildman–Crippen MR) is 75.9 cm³/mol. The molecule has 1 aromatic heterocycles. The molecule has 1 unspecified atom stereocenters. The van der Waals surface area contributed by atoms with Crippen molar-refractivity contribution in [3.63, 3.8) is 0 Å². The van der Waals surface area contributed by atoms with Crippen LogP contribution in [0, 0.1) is 18.6 Å². The third-order valence-corrected chi connectivity index (χ3v) is 4.86. The number of halogens is 3. The van der Waals surface area contributed by atoms with Gasteiger partial charge in [-0.1, -0.05) is 17.7 Å². The first-order valence-corrected chi connectivity index (χ1v) is 7.13. The van der Waals surface area contributed by atoms with E-state index in [0.717, 1.165) is 16.5 Å². The molecule has 0 aliphatic heterocycles. The van der Waals surface area contributed by atoms with Gasteiger partial charge < -0.3 is 5.32 Å². The van der Waals surface area contributed by atoms with Crippen molar-refractivity contribution in [2.24, 2.45) is 0 Å². The van der Waals surface area contributed by atoms with Crippen molar-refractivity contribution in [3.8, 4) is 0 Å². The number of aryl methyl sites for hydroxylation is 1. The van der Waals surface area contributed by atoms with Crippen molar-refractivity contribution in [2.75, 3.05) is 7.05 Å². The Kier molecular flexibility index (Phi) is 4.55. The van der Waals surface area contributed by atoms with E-state index in [1.807, 2.05) is 12.3 Å². The summed E-state index contributed by atoms with van der Waals surface area (Å²) in [6, 6.07) is 3.57. The molecule has 0 aliphatic carbocycles. The summed E-state index contributed by atoms with van der Waals surface area (Å²) in [7, 11) is 1.80. The smallest absolute Gasteiger partial charge is 0.129 e. The highest BCUT2D eigenvalue weighted by atomic mass is 35.5. The summed E-state index contributed by atoms with van der Waals surface area (Å²) in [5.74, 6) is -1.09. The van der Waals surface area contributed by atoms with E-state index in [4.69, 9.17) is 11.6 Å². The number of thiophene rings is 1. The molecule has 0 amide bonds. The molecule has 0 saturated heterocycles. The number of hydrogen-bond acceptors (Lipinski definition) is 2. The second-order valence-electron chi connectivity index (χ2n) is 4.38. The minimum atomic E-state index is -0.563. The Hall–Kier alpha value is -0.970. The maximum Gasteiger partial charge on any atom is 0.129 e. The quantitative estimate of drug-likeness (QED) is 0.877. The minimum absolute atomic E-state index is 0.0776. The summed E-state index contributed by atoms with van der Waals surface area (Å²) in [5, 5.41) is 5.82. The molecule has 102 valence electrons. The van der Waals surface area contributed by atoms with Crippen molar-refractivity contribution in [1.82, 2.24) is 5.32 Å². The third kappa shape index (κ3) is 3.14. The fourth-order valence-corrected chi connectivity index (χ4v) is 3.35. The van der Waals surface area contributed by atoms with Crippen LogP contribution in [0.3, 0.4) is 0 Å². The Morgan fingerprint density at radius 3 is 2.63 bits per heavy atom. The van der Waals surface area contributed by atoms with Crippen LogP contribution in [0.25, 0.3) is 0 Å². The van der Waals surface area contributed by atoms with E-state index in [1.54, 1.807) is 18.4 Å². The zero-order chi connectivity index (χ0) is 14.0. The lowest BCUT2D eigenvalue weighted by molar-refractivity contribution is 0.544. The summed E-state index contributed by atoms with van der Waals surface area (Å²) < 4.78 is 26.6. The first kappa shape index (κ1) is 14.4. The lowest BCUT2D eigenvalue weighted by atomic mass is 10.0. The normalized spacial score (nSPS) is 12.7. The molecular formula is C14H14ClF2NS. The van der Waals surface area contributed by atoms with Crippen molar-refractivity contribution in [2.45, 2.75) is 19.4 Å². The fourth-order valence-electron chi connectivity index (χ4n) is 1.92. The van der Waals surface area contributed by atoms with Crippen molar-refractivity contribution in [3.05, 3.63) is 56.2 Å². The first-order chi connectivity index (χ1) is 9.02. The highest BCUT2D eigenvalue weighted by molar-refractivity contribution is 7.10. The lowest BCUT2D eigenvalue weighted by Gasteiger charge is -2.16. The van der Waals surface area contributed by atoms with Gasteiger partial charge in [-0.25, -0.2) is 8.78 Å². The number of hydrogen-bond donors (Lipinski definition) is 1. The van der Waals surface area contributed by atoms with Crippen LogP contribution in [0.5, 0.6) is 0 Å². The van der Waals surface area contributed by atoms with Gasteiger partial charge in [0.25, 0.3) is 0 Å². The standard InChI is InChI=1S/C14H14ClF2NS/c1-8-7-19-14(13(8)15)12(18-2)5-9-3-4-10(16)6-11(9)17/h3-4,6-7,12,18H,5H2,1-2H3. The Balaban J connectivity index is 2.26. The molecule has 0 radical (unpaired) electrons. The molecule has 19 heavy (non-hydrogen) atoms. The van der Waals surface area contributed by atoms with E-state index in [9.17, 15) is 8.78 Å². The monoisotopic (exact) mass is 301 g/mol. The van der Waals surface area contributed by atoms with Crippen LogP contribution in [0.4, 0.5) is 8.78 Å². The van der Waals surface area contributed by atoms with Crippen molar-refractivity contribution in [1.29, 1.82) is 0 Å². The minimum Gasteiger partial charge on any atom is -0.312 e. The Morgan fingerprint density at radius 2 is 2.11 bits per heavy atom. The molecule has 2 aromatic rings. The molecule has 1 heterocycles. The van der Waals surface area contributed by atoms with Gasteiger partial charge in [-0.15, -0.1) is 11.3 Å². The number of likely N-dealkylation sites (N-methyl/N-ethyl adjacent to an activating group) is 1. The second kappa shape index (κ2) is 5.99. The molecule has 1 nitrogen and oxygen atoms in total. The molecule has 0 saturated carbocycles. The van der Waals surface area contributed by atoms with Crippen molar-refractivity contribution >= 4 is 22.9 Å². The summed E-state index contributed by atoms with van der Waals surface area (Å²) in [4.78, 5) is 0.977. The predicted octanol–water partition coefficient (Wildman–Crippen LogP) is 4.49. The second-order valence-corrected chi connectivity index (χ2v) is 5.67. The molecule has 0 bridgehead atoms. The molecule has 1 aromatic carbocycles. The van der Waals surface area contributed by atoms with Crippen LogP contribution in [-0.4, -0.2) is 7.05 Å². The van der Waals surface area contributed by atoms with Gasteiger partial charge in [0.15, 0.2) is 0 Å². The SMILES string of the molecule is CNC(Cc1ccc(F)cc1F)c1scc(C)c1Cl. The van der Waals surface area contributed by atoms with Gasteiger partial charge >= 0.3 is 0 Å². The van der Waals surface area contributed by atoms with E-state index in [1.165, 1.54) is 12.1 Å². The highest BCUT2D eigenvalue weighted by Gasteiger charge is 2.18. The molecular weight excluding hydrogens is 288 g/mol. The molecule has 0 aliphatic rings. The molecule has 5 heteroatoms.